The molecule has 0 amide bonds. The van der Waals surface area contributed by atoms with Crippen molar-refractivity contribution >= 4 is 11.6 Å². The van der Waals surface area contributed by atoms with Gasteiger partial charge in [-0.15, -0.1) is 6.58 Å². The van der Waals surface area contributed by atoms with Crippen molar-refractivity contribution < 1.29 is 4.39 Å². The smallest absolute Gasteiger partial charge is 0.159 e. The van der Waals surface area contributed by atoms with Gasteiger partial charge >= 0.3 is 0 Å². The second-order valence-corrected chi connectivity index (χ2v) is 7.54. The molecule has 2 aromatic rings. The van der Waals surface area contributed by atoms with E-state index in [0.717, 1.165) is 17.9 Å². The van der Waals surface area contributed by atoms with E-state index in [0.29, 0.717) is 17.3 Å². The summed E-state index contributed by atoms with van der Waals surface area (Å²) in [7, 11) is 0. The number of aromatic nitrogens is 2. The number of rotatable bonds is 5. The monoisotopic (exact) mass is 382 g/mol. The van der Waals surface area contributed by atoms with E-state index >= 15 is 0 Å². The molecule has 2 nitrogen and oxygen atoms in total. The van der Waals surface area contributed by atoms with Crippen molar-refractivity contribution in [2.24, 2.45) is 11.8 Å². The average molecular weight is 383 g/mol. The largest absolute Gasteiger partial charge is 0.235 e. The highest BCUT2D eigenvalue weighted by Gasteiger charge is 2.19. The molecule has 1 saturated carbocycles. The van der Waals surface area contributed by atoms with Gasteiger partial charge in [0.25, 0.3) is 0 Å². The van der Waals surface area contributed by atoms with Crippen molar-refractivity contribution in [1.29, 1.82) is 0 Å². The second-order valence-electron chi connectivity index (χ2n) is 7.13. The molecular formula is C23H24ClFN2. The van der Waals surface area contributed by atoms with Crippen LogP contribution in [0.15, 0.2) is 43.2 Å². The fraction of sp³-hybridized carbons (Fsp3) is 0.391. The molecule has 0 aliphatic heterocycles. The lowest BCUT2D eigenvalue weighted by atomic mass is 9.80. The molecule has 0 N–H and O–H groups in total. The van der Waals surface area contributed by atoms with Gasteiger partial charge in [0.05, 0.1) is 10.6 Å². The van der Waals surface area contributed by atoms with Gasteiger partial charge < -0.3 is 0 Å². The molecule has 0 spiro atoms. The summed E-state index contributed by atoms with van der Waals surface area (Å²) in [5.74, 6) is 7.89. The Bertz CT molecular complexity index is 828. The van der Waals surface area contributed by atoms with Gasteiger partial charge in [-0.1, -0.05) is 35.9 Å². The Morgan fingerprint density at radius 1 is 1.19 bits per heavy atom. The van der Waals surface area contributed by atoms with Crippen LogP contribution in [0, 0.1) is 29.5 Å². The van der Waals surface area contributed by atoms with Gasteiger partial charge in [0, 0.05) is 23.9 Å². The zero-order chi connectivity index (χ0) is 19.1. The molecule has 0 atom stereocenters. The van der Waals surface area contributed by atoms with Crippen LogP contribution in [0.1, 0.15) is 50.5 Å². The first-order chi connectivity index (χ1) is 13.2. The summed E-state index contributed by atoms with van der Waals surface area (Å²) < 4.78 is 13.6. The molecular weight excluding hydrogens is 359 g/mol. The minimum Gasteiger partial charge on any atom is -0.235 e. The van der Waals surface area contributed by atoms with Crippen LogP contribution in [-0.2, 0) is 0 Å². The van der Waals surface area contributed by atoms with Crippen LogP contribution >= 0.6 is 11.6 Å². The highest BCUT2D eigenvalue weighted by Crippen LogP contribution is 2.31. The number of benzene rings is 1. The predicted octanol–water partition coefficient (Wildman–Crippen LogP) is 6.45. The lowest BCUT2D eigenvalue weighted by molar-refractivity contribution is 0.297. The van der Waals surface area contributed by atoms with Crippen molar-refractivity contribution in [3.8, 4) is 23.2 Å². The Morgan fingerprint density at radius 3 is 2.59 bits per heavy atom. The Hall–Kier alpha value is -2.18. The molecule has 1 heterocycles. The Morgan fingerprint density at radius 2 is 1.93 bits per heavy atom. The molecule has 27 heavy (non-hydrogen) atoms. The van der Waals surface area contributed by atoms with E-state index in [4.69, 9.17) is 11.6 Å². The van der Waals surface area contributed by atoms with Crippen LogP contribution in [0.4, 0.5) is 4.39 Å². The van der Waals surface area contributed by atoms with Crippen LogP contribution < -0.4 is 0 Å². The van der Waals surface area contributed by atoms with E-state index in [1.807, 2.05) is 6.08 Å². The van der Waals surface area contributed by atoms with Crippen LogP contribution in [0.25, 0.3) is 11.4 Å². The number of hydrogen-bond donors (Lipinski definition) is 0. The first kappa shape index (κ1) is 19.6. The van der Waals surface area contributed by atoms with E-state index in [1.165, 1.54) is 50.7 Å². The fourth-order valence-corrected chi connectivity index (χ4v) is 3.63. The number of halogens is 2. The molecule has 0 saturated heterocycles. The molecule has 0 bridgehead atoms. The van der Waals surface area contributed by atoms with Crippen molar-refractivity contribution in [3.63, 3.8) is 0 Å². The zero-order valence-corrected chi connectivity index (χ0v) is 16.2. The van der Waals surface area contributed by atoms with Gasteiger partial charge in [0.1, 0.15) is 5.82 Å². The number of hydrogen-bond acceptors (Lipinski definition) is 2. The fourth-order valence-electron chi connectivity index (χ4n) is 3.51. The summed E-state index contributed by atoms with van der Waals surface area (Å²) in [6.45, 7) is 3.79. The summed E-state index contributed by atoms with van der Waals surface area (Å²) in [4.78, 5) is 8.61. The third-order valence-electron chi connectivity index (χ3n) is 5.12. The maximum atomic E-state index is 13.6. The Kier molecular flexibility index (Phi) is 7.01. The summed E-state index contributed by atoms with van der Waals surface area (Å²) >= 11 is 5.71. The van der Waals surface area contributed by atoms with Gasteiger partial charge in [0.15, 0.2) is 5.82 Å². The van der Waals surface area contributed by atoms with Crippen LogP contribution in [0.2, 0.25) is 5.02 Å². The quantitative estimate of drug-likeness (QED) is 0.337. The van der Waals surface area contributed by atoms with Crippen LogP contribution in [0.5, 0.6) is 0 Å². The summed E-state index contributed by atoms with van der Waals surface area (Å²) in [5.41, 5.74) is 1.40. The van der Waals surface area contributed by atoms with Crippen molar-refractivity contribution in [2.45, 2.75) is 44.9 Å². The first-order valence-electron chi connectivity index (χ1n) is 9.55. The molecule has 0 radical (unpaired) electrons. The zero-order valence-electron chi connectivity index (χ0n) is 15.4. The molecule has 1 fully saturated rings. The van der Waals surface area contributed by atoms with E-state index in [-0.39, 0.29) is 5.02 Å². The van der Waals surface area contributed by atoms with Crippen molar-refractivity contribution in [3.05, 3.63) is 59.7 Å². The minimum absolute atomic E-state index is 0.0941. The molecule has 1 aliphatic rings. The number of allylic oxidation sites excluding steroid dienone is 1. The lowest BCUT2D eigenvalue weighted by Gasteiger charge is -2.25. The molecule has 1 aromatic heterocycles. The number of unbranched alkanes of at least 4 members (excludes halogenated alkanes) is 1. The normalized spacial score (nSPS) is 19.2. The van der Waals surface area contributed by atoms with Crippen LogP contribution in [0.3, 0.4) is 0 Å². The number of nitrogens with zero attached hydrogens (tertiary/aromatic N) is 2. The summed E-state index contributed by atoms with van der Waals surface area (Å²) in [5, 5.41) is 0.0941. The van der Waals surface area contributed by atoms with Gasteiger partial charge in [-0.05, 0) is 62.6 Å². The maximum Gasteiger partial charge on any atom is 0.159 e. The molecule has 1 aromatic carbocycles. The molecule has 140 valence electrons. The highest BCUT2D eigenvalue weighted by atomic mass is 35.5. The van der Waals surface area contributed by atoms with E-state index in [9.17, 15) is 4.39 Å². The van der Waals surface area contributed by atoms with Gasteiger partial charge in [0.2, 0.25) is 0 Å². The summed E-state index contributed by atoms with van der Waals surface area (Å²) in [6.07, 6.45) is 14.0. The molecule has 0 unspecified atom stereocenters. The maximum absolute atomic E-state index is 13.6. The van der Waals surface area contributed by atoms with Crippen LogP contribution in [-0.4, -0.2) is 9.97 Å². The van der Waals surface area contributed by atoms with Gasteiger partial charge in [-0.2, -0.15) is 0 Å². The Balaban J connectivity index is 1.55. The third-order valence-corrected chi connectivity index (χ3v) is 5.42. The van der Waals surface area contributed by atoms with Crippen molar-refractivity contribution in [2.75, 3.05) is 0 Å². The molecule has 4 heteroatoms. The molecule has 1 aliphatic carbocycles. The first-order valence-corrected chi connectivity index (χ1v) is 9.93. The summed E-state index contributed by atoms with van der Waals surface area (Å²) in [6, 6.07) is 4.56. The standard InChI is InChI=1S/C23H24ClFN2/c1-2-3-4-5-17-6-8-18(9-7-17)10-11-19-15-26-23(27-16-19)20-12-13-21(24)22(25)14-20/h2,12-18H,1,3-9H2/t17-,18-. The topological polar surface area (TPSA) is 25.8 Å². The third kappa shape index (κ3) is 5.65. The average Bonchev–Trinajstić information content (AvgIpc) is 2.70. The van der Waals surface area contributed by atoms with E-state index in [2.05, 4.69) is 28.4 Å². The highest BCUT2D eigenvalue weighted by molar-refractivity contribution is 6.30. The van der Waals surface area contributed by atoms with Gasteiger partial charge in [-0.25, -0.2) is 14.4 Å². The Labute approximate surface area is 165 Å². The van der Waals surface area contributed by atoms with E-state index in [1.54, 1.807) is 18.5 Å². The van der Waals surface area contributed by atoms with Crippen molar-refractivity contribution in [1.82, 2.24) is 9.97 Å². The predicted molar refractivity (Wildman–Crippen MR) is 109 cm³/mol. The lowest BCUT2D eigenvalue weighted by Crippen LogP contribution is -2.13. The molecule has 3 rings (SSSR count). The van der Waals surface area contributed by atoms with E-state index < -0.39 is 5.82 Å². The second kappa shape index (κ2) is 9.67. The minimum atomic E-state index is -0.471. The SMILES string of the molecule is C=CCCC[C@H]1CC[C@H](C#Cc2cnc(-c3ccc(Cl)c(F)c3)nc2)CC1. The van der Waals surface area contributed by atoms with Gasteiger partial charge in [-0.3, -0.25) is 0 Å².